The maximum absolute atomic E-state index is 13.5. The van der Waals surface area contributed by atoms with Crippen LogP contribution in [0.5, 0.6) is 0 Å². The lowest BCUT2D eigenvalue weighted by atomic mass is 9.97. The lowest BCUT2D eigenvalue weighted by molar-refractivity contribution is -0.138. The molecule has 0 saturated carbocycles. The van der Waals surface area contributed by atoms with Crippen molar-refractivity contribution in [3.8, 4) is 0 Å². The summed E-state index contributed by atoms with van der Waals surface area (Å²) in [5, 5.41) is 23.9. The Kier molecular flexibility index (Phi) is 25.3. The van der Waals surface area contributed by atoms with E-state index in [1.54, 1.807) is 0 Å². The van der Waals surface area contributed by atoms with Crippen LogP contribution in [0.2, 0.25) is 0 Å². The number of likely N-dealkylation sites (N-methyl/N-ethyl adjacent to an activating group) is 2. The first-order valence-electron chi connectivity index (χ1n) is 23.2. The fourth-order valence-corrected chi connectivity index (χ4v) is 6.94. The van der Waals surface area contributed by atoms with Crippen LogP contribution < -0.4 is 47.9 Å². The van der Waals surface area contributed by atoms with Crippen molar-refractivity contribution in [3.63, 3.8) is 0 Å². The van der Waals surface area contributed by atoms with Crippen LogP contribution in [0.3, 0.4) is 0 Å². The number of nitrogens with zero attached hydrogens (tertiary/aromatic N) is 2. The van der Waals surface area contributed by atoms with Gasteiger partial charge in [0.25, 0.3) is 0 Å². The zero-order chi connectivity index (χ0) is 49.5. The highest BCUT2D eigenvalue weighted by Crippen LogP contribution is 2.16. The maximum Gasteiger partial charge on any atom is 0.246 e. The highest BCUT2D eigenvalue weighted by atomic mass is 16.2. The minimum Gasteiger partial charge on any atom is -0.355 e. The van der Waals surface area contributed by atoms with E-state index < -0.39 is 83.1 Å². The Labute approximate surface area is 387 Å². The molecule has 1 aliphatic heterocycles. The fraction of sp³-hybridized carbons (Fsp3) is 0.800. The second-order valence-corrected chi connectivity index (χ2v) is 19.4. The molecule has 1 saturated heterocycles. The van der Waals surface area contributed by atoms with E-state index in [2.05, 4.69) is 54.8 Å². The van der Waals surface area contributed by atoms with Crippen molar-refractivity contribution in [1.82, 2.24) is 57.7 Å². The van der Waals surface area contributed by atoms with Gasteiger partial charge in [-0.2, -0.15) is 0 Å². The van der Waals surface area contributed by atoms with Crippen molar-refractivity contribution >= 4 is 53.2 Å². The number of unbranched alkanes of at least 4 members (excludes halogenated alkanes) is 5. The summed E-state index contributed by atoms with van der Waals surface area (Å²) in [5.74, 6) is -4.98. The number of likely N-dealkylation sites (tertiary alicyclic amines) is 1. The lowest BCUT2D eigenvalue weighted by Gasteiger charge is -2.33. The average molecular weight is 922 g/mol. The summed E-state index contributed by atoms with van der Waals surface area (Å²) < 4.78 is 0. The van der Waals surface area contributed by atoms with Gasteiger partial charge < -0.3 is 52.8 Å². The standard InChI is InChI=1S/C45H83N11O9/c1-13-14-15-16-17-18-20-31(51-39(62)33-21-19-25-56(33)12)37(60)48-29-36(59)52-43(4,5)41(64)49-28-35(58)50-32(27-30(2)3)38(61)53-45(8,9)42(65)54-44(6,7)40(63)47-23-22-34(57)46-24-26-55(10)11/h30-33H,13-29H2,1-12H3,(H,46,57)(H,47,63)(H,48,60)(H,49,64)(H,50,58)(H,51,62)(H,52,59)(H,53,61)(H,54,65). The Balaban J connectivity index is 2.76. The smallest absolute Gasteiger partial charge is 0.246 e. The summed E-state index contributed by atoms with van der Waals surface area (Å²) in [4.78, 5) is 121. The molecule has 0 aliphatic carbocycles. The van der Waals surface area contributed by atoms with E-state index in [0.29, 0.717) is 25.9 Å². The van der Waals surface area contributed by atoms with E-state index in [9.17, 15) is 43.2 Å². The molecule has 9 N–H and O–H groups in total. The van der Waals surface area contributed by atoms with Gasteiger partial charge in [-0.05, 0) is 101 Å². The number of carbonyl (C=O) groups is 9. The average Bonchev–Trinajstić information content (AvgIpc) is 3.64. The molecule has 20 heteroatoms. The zero-order valence-electron chi connectivity index (χ0n) is 41.4. The number of amides is 9. The molecule has 1 rings (SSSR count). The van der Waals surface area contributed by atoms with Gasteiger partial charge in [-0.3, -0.25) is 48.1 Å². The van der Waals surface area contributed by atoms with Crippen molar-refractivity contribution in [2.45, 2.75) is 168 Å². The van der Waals surface area contributed by atoms with Gasteiger partial charge in [0.1, 0.15) is 28.7 Å². The van der Waals surface area contributed by atoms with Gasteiger partial charge in [0.15, 0.2) is 0 Å². The summed E-state index contributed by atoms with van der Waals surface area (Å²) in [7, 11) is 5.65. The molecule has 1 fully saturated rings. The number of nitrogens with one attached hydrogen (secondary N) is 9. The quantitative estimate of drug-likeness (QED) is 0.0431. The van der Waals surface area contributed by atoms with Gasteiger partial charge in [0.05, 0.1) is 19.1 Å². The van der Waals surface area contributed by atoms with Gasteiger partial charge in [-0.15, -0.1) is 0 Å². The fourth-order valence-electron chi connectivity index (χ4n) is 6.94. The topological polar surface area (TPSA) is 268 Å². The van der Waals surface area contributed by atoms with E-state index in [4.69, 9.17) is 0 Å². The normalized spacial score (nSPS) is 15.3. The Morgan fingerprint density at radius 1 is 0.631 bits per heavy atom. The number of rotatable bonds is 30. The second-order valence-electron chi connectivity index (χ2n) is 19.4. The number of hydrogen-bond acceptors (Lipinski definition) is 11. The molecule has 65 heavy (non-hydrogen) atoms. The molecule has 3 unspecified atom stereocenters. The summed E-state index contributed by atoms with van der Waals surface area (Å²) in [6.07, 6.45) is 8.28. The van der Waals surface area contributed by atoms with Crippen LogP contribution in [-0.2, 0) is 43.2 Å². The Hall–Kier alpha value is -4.85. The summed E-state index contributed by atoms with van der Waals surface area (Å²) >= 11 is 0. The van der Waals surface area contributed by atoms with Crippen LogP contribution in [0.1, 0.15) is 133 Å². The number of carbonyl (C=O) groups excluding carboxylic acids is 9. The van der Waals surface area contributed by atoms with Crippen molar-refractivity contribution in [2.75, 3.05) is 60.4 Å². The van der Waals surface area contributed by atoms with Gasteiger partial charge >= 0.3 is 0 Å². The van der Waals surface area contributed by atoms with Crippen LogP contribution in [0.25, 0.3) is 0 Å². The van der Waals surface area contributed by atoms with E-state index in [1.165, 1.54) is 41.5 Å². The highest BCUT2D eigenvalue weighted by molar-refractivity contribution is 5.98. The predicted octanol–water partition coefficient (Wildman–Crippen LogP) is -0.0522. The molecule has 3 atom stereocenters. The Morgan fingerprint density at radius 3 is 1.82 bits per heavy atom. The third kappa shape index (κ3) is 22.8. The van der Waals surface area contributed by atoms with Crippen molar-refractivity contribution < 1.29 is 43.2 Å². The molecule has 0 aromatic rings. The van der Waals surface area contributed by atoms with Crippen LogP contribution in [0.15, 0.2) is 0 Å². The minimum absolute atomic E-state index is 0.0507. The monoisotopic (exact) mass is 922 g/mol. The summed E-state index contributed by atoms with van der Waals surface area (Å²) in [6, 6.07) is -2.24. The third-order valence-electron chi connectivity index (χ3n) is 11.0. The molecule has 1 aliphatic rings. The Morgan fingerprint density at radius 2 is 1.22 bits per heavy atom. The van der Waals surface area contributed by atoms with Crippen molar-refractivity contribution in [2.24, 2.45) is 5.92 Å². The van der Waals surface area contributed by atoms with Crippen LogP contribution >= 0.6 is 0 Å². The summed E-state index contributed by atoms with van der Waals surface area (Å²) in [5.41, 5.74) is -4.46. The largest absolute Gasteiger partial charge is 0.355 e. The number of hydrogen-bond donors (Lipinski definition) is 9. The lowest BCUT2D eigenvalue weighted by Crippen LogP contribution is -2.64. The molecule has 1 heterocycles. The van der Waals surface area contributed by atoms with E-state index in [1.807, 2.05) is 44.8 Å². The van der Waals surface area contributed by atoms with Crippen LogP contribution in [-0.4, -0.2) is 158 Å². The van der Waals surface area contributed by atoms with Crippen LogP contribution in [0.4, 0.5) is 0 Å². The second kappa shape index (κ2) is 28.2. The van der Waals surface area contributed by atoms with E-state index in [0.717, 1.165) is 51.5 Å². The summed E-state index contributed by atoms with van der Waals surface area (Å²) in [6.45, 7) is 15.5. The molecule has 0 aromatic carbocycles. The first kappa shape index (κ1) is 58.2. The molecule has 20 nitrogen and oxygen atoms in total. The van der Waals surface area contributed by atoms with Crippen molar-refractivity contribution in [3.05, 3.63) is 0 Å². The van der Waals surface area contributed by atoms with Crippen molar-refractivity contribution in [1.29, 1.82) is 0 Å². The molecule has 0 aromatic heterocycles. The van der Waals surface area contributed by atoms with E-state index in [-0.39, 0.29) is 43.2 Å². The SMILES string of the molecule is CCCCCCCCC(NC(=O)C1CCCN1C)C(=O)NCC(=O)NC(C)(C)C(=O)NCC(=O)NC(CC(C)C)C(=O)NC(C)(C)C(=O)NC(C)(C)C(=O)NCCC(=O)NCCN(C)C. The Bertz CT molecular complexity index is 1620. The van der Waals surface area contributed by atoms with Gasteiger partial charge in [0.2, 0.25) is 53.2 Å². The first-order chi connectivity index (χ1) is 30.2. The van der Waals surface area contributed by atoms with Gasteiger partial charge in [-0.25, -0.2) is 0 Å². The van der Waals surface area contributed by atoms with Crippen LogP contribution in [0, 0.1) is 5.92 Å². The molecular formula is C45H83N11O9. The molecule has 0 bridgehead atoms. The van der Waals surface area contributed by atoms with Gasteiger partial charge in [-0.1, -0.05) is 59.3 Å². The van der Waals surface area contributed by atoms with Gasteiger partial charge in [0, 0.05) is 26.1 Å². The maximum atomic E-state index is 13.5. The molecule has 9 amide bonds. The molecule has 0 radical (unpaired) electrons. The molecular weight excluding hydrogens is 839 g/mol. The third-order valence-corrected chi connectivity index (χ3v) is 11.0. The molecule has 372 valence electrons. The highest BCUT2D eigenvalue weighted by Gasteiger charge is 2.39. The zero-order valence-corrected chi connectivity index (χ0v) is 41.4. The molecule has 0 spiro atoms. The van der Waals surface area contributed by atoms with E-state index >= 15 is 0 Å². The minimum atomic E-state index is -1.54. The predicted molar refractivity (Wildman–Crippen MR) is 249 cm³/mol. The first-order valence-corrected chi connectivity index (χ1v) is 23.2.